The molecule has 0 aliphatic heterocycles. The fourth-order valence-electron chi connectivity index (χ4n) is 2.23. The van der Waals surface area contributed by atoms with E-state index in [9.17, 15) is 4.79 Å². The zero-order valence-corrected chi connectivity index (χ0v) is 9.59. The number of ketones is 1. The topological polar surface area (TPSA) is 43.1 Å². The van der Waals surface area contributed by atoms with Crippen LogP contribution in [0.25, 0.3) is 0 Å². The normalized spacial score (nSPS) is 19.0. The lowest BCUT2D eigenvalue weighted by atomic mass is 9.76. The minimum atomic E-state index is 0.0209. The van der Waals surface area contributed by atoms with Gasteiger partial charge in [0.15, 0.2) is 5.78 Å². The molecule has 0 atom stereocenters. The highest BCUT2D eigenvalue weighted by Gasteiger charge is 2.35. The van der Waals surface area contributed by atoms with Crippen LogP contribution in [0.5, 0.6) is 0 Å². The van der Waals surface area contributed by atoms with E-state index in [4.69, 9.17) is 4.52 Å². The lowest BCUT2D eigenvalue weighted by Gasteiger charge is -2.26. The van der Waals surface area contributed by atoms with Crippen molar-refractivity contribution >= 4 is 5.78 Å². The van der Waals surface area contributed by atoms with Crippen LogP contribution in [-0.2, 0) is 12.8 Å². The highest BCUT2D eigenvalue weighted by Crippen LogP contribution is 2.36. The second-order valence-electron chi connectivity index (χ2n) is 5.12. The van der Waals surface area contributed by atoms with E-state index < -0.39 is 0 Å². The summed E-state index contributed by atoms with van der Waals surface area (Å²) < 4.78 is 5.27. The van der Waals surface area contributed by atoms with Crippen molar-refractivity contribution in [2.45, 2.75) is 46.5 Å². The number of nitrogens with zero attached hydrogens (tertiary/aromatic N) is 1. The second-order valence-corrected chi connectivity index (χ2v) is 5.12. The molecule has 1 heterocycles. The predicted molar refractivity (Wildman–Crippen MR) is 56.9 cm³/mol. The summed E-state index contributed by atoms with van der Waals surface area (Å²) in [6, 6.07) is 0. The van der Waals surface area contributed by atoms with Gasteiger partial charge in [-0.2, -0.15) is 0 Å². The Bertz CT molecular complexity index is 390. The van der Waals surface area contributed by atoms with E-state index in [-0.39, 0.29) is 11.2 Å². The van der Waals surface area contributed by atoms with Crippen LogP contribution in [0.15, 0.2) is 4.52 Å². The molecule has 3 nitrogen and oxygen atoms in total. The first-order valence-corrected chi connectivity index (χ1v) is 5.54. The largest absolute Gasteiger partial charge is 0.360 e. The van der Waals surface area contributed by atoms with Gasteiger partial charge in [-0.1, -0.05) is 32.3 Å². The van der Waals surface area contributed by atoms with Crippen molar-refractivity contribution in [3.8, 4) is 0 Å². The van der Waals surface area contributed by atoms with Gasteiger partial charge < -0.3 is 4.52 Å². The van der Waals surface area contributed by atoms with Gasteiger partial charge in [0.05, 0.1) is 11.3 Å². The summed E-state index contributed by atoms with van der Waals surface area (Å²) in [7, 11) is 0. The SMILES string of the molecule is CCCc1noc2c1C(=O)CC(C)(C)C2. The molecule has 0 radical (unpaired) electrons. The molecule has 0 bridgehead atoms. The van der Waals surface area contributed by atoms with Gasteiger partial charge in [-0.3, -0.25) is 4.79 Å². The Morgan fingerprint density at radius 3 is 2.80 bits per heavy atom. The van der Waals surface area contributed by atoms with Crippen LogP contribution in [0.2, 0.25) is 0 Å². The molecule has 3 heteroatoms. The van der Waals surface area contributed by atoms with Gasteiger partial charge in [0.25, 0.3) is 0 Å². The summed E-state index contributed by atoms with van der Waals surface area (Å²) in [5.41, 5.74) is 1.65. The first-order chi connectivity index (χ1) is 7.03. The standard InChI is InChI=1S/C12H17NO2/c1-4-5-8-11-9(14)6-12(2,3)7-10(11)15-13-8/h4-7H2,1-3H3. The van der Waals surface area contributed by atoms with E-state index in [1.165, 1.54) is 0 Å². The molecule has 0 saturated carbocycles. The van der Waals surface area contributed by atoms with Crippen LogP contribution in [0.3, 0.4) is 0 Å². The van der Waals surface area contributed by atoms with Crippen molar-refractivity contribution in [2.24, 2.45) is 5.41 Å². The monoisotopic (exact) mass is 207 g/mol. The minimum Gasteiger partial charge on any atom is -0.360 e. The zero-order valence-electron chi connectivity index (χ0n) is 9.59. The first kappa shape index (κ1) is 10.4. The van der Waals surface area contributed by atoms with E-state index in [0.29, 0.717) is 6.42 Å². The molecule has 1 aliphatic carbocycles. The Balaban J connectivity index is 2.39. The number of fused-ring (bicyclic) bond motifs is 1. The van der Waals surface area contributed by atoms with Crippen LogP contribution in [0.1, 0.15) is 55.4 Å². The molecule has 0 amide bonds. The molecule has 0 N–H and O–H groups in total. The highest BCUT2D eigenvalue weighted by atomic mass is 16.5. The average Bonchev–Trinajstić information content (AvgIpc) is 2.46. The van der Waals surface area contributed by atoms with E-state index in [1.807, 2.05) is 0 Å². The zero-order chi connectivity index (χ0) is 11.1. The molecule has 15 heavy (non-hydrogen) atoms. The average molecular weight is 207 g/mol. The van der Waals surface area contributed by atoms with Gasteiger partial charge >= 0.3 is 0 Å². The third-order valence-electron chi connectivity index (χ3n) is 2.88. The number of hydrogen-bond donors (Lipinski definition) is 0. The van der Waals surface area contributed by atoms with E-state index in [0.717, 1.165) is 36.3 Å². The number of rotatable bonds is 2. The number of aryl methyl sites for hydroxylation is 1. The summed E-state index contributed by atoms with van der Waals surface area (Å²) in [6.45, 7) is 6.27. The maximum absolute atomic E-state index is 12.0. The van der Waals surface area contributed by atoms with Crippen molar-refractivity contribution < 1.29 is 9.32 Å². The third-order valence-corrected chi connectivity index (χ3v) is 2.88. The van der Waals surface area contributed by atoms with Crippen LogP contribution in [0, 0.1) is 5.41 Å². The van der Waals surface area contributed by atoms with Crippen molar-refractivity contribution in [1.29, 1.82) is 0 Å². The molecular formula is C12H17NO2. The van der Waals surface area contributed by atoms with E-state index in [1.54, 1.807) is 0 Å². The summed E-state index contributed by atoms with van der Waals surface area (Å²) in [5.74, 6) is 0.991. The number of Topliss-reactive ketones (excluding diaryl/α,β-unsaturated/α-hetero) is 1. The van der Waals surface area contributed by atoms with Crippen LogP contribution in [-0.4, -0.2) is 10.9 Å². The maximum atomic E-state index is 12.0. The summed E-state index contributed by atoms with van der Waals surface area (Å²) in [6.07, 6.45) is 3.27. The van der Waals surface area contributed by atoms with Crippen molar-refractivity contribution in [3.63, 3.8) is 0 Å². The van der Waals surface area contributed by atoms with Crippen molar-refractivity contribution in [2.75, 3.05) is 0 Å². The summed E-state index contributed by atoms with van der Waals surface area (Å²) in [4.78, 5) is 12.0. The minimum absolute atomic E-state index is 0.0209. The molecule has 0 fully saturated rings. The number of carbonyl (C=O) groups is 1. The quantitative estimate of drug-likeness (QED) is 0.749. The van der Waals surface area contributed by atoms with Gasteiger partial charge in [-0.05, 0) is 11.8 Å². The lowest BCUT2D eigenvalue weighted by molar-refractivity contribution is 0.0901. The molecule has 0 saturated heterocycles. The fourth-order valence-corrected chi connectivity index (χ4v) is 2.23. The molecule has 0 aromatic carbocycles. The van der Waals surface area contributed by atoms with E-state index in [2.05, 4.69) is 25.9 Å². The third kappa shape index (κ3) is 1.83. The molecule has 2 rings (SSSR count). The van der Waals surface area contributed by atoms with Gasteiger partial charge in [-0.15, -0.1) is 0 Å². The van der Waals surface area contributed by atoms with Gasteiger partial charge in [0.1, 0.15) is 5.76 Å². The first-order valence-electron chi connectivity index (χ1n) is 5.54. The van der Waals surface area contributed by atoms with Crippen LogP contribution in [0.4, 0.5) is 0 Å². The Morgan fingerprint density at radius 1 is 1.40 bits per heavy atom. The van der Waals surface area contributed by atoms with Crippen molar-refractivity contribution in [1.82, 2.24) is 5.16 Å². The van der Waals surface area contributed by atoms with Gasteiger partial charge in [0.2, 0.25) is 0 Å². The molecule has 82 valence electrons. The Labute approximate surface area is 89.8 Å². The van der Waals surface area contributed by atoms with Gasteiger partial charge in [-0.25, -0.2) is 0 Å². The molecular weight excluding hydrogens is 190 g/mol. The lowest BCUT2D eigenvalue weighted by Crippen LogP contribution is -2.26. The predicted octanol–water partition coefficient (Wildman–Crippen LogP) is 2.78. The smallest absolute Gasteiger partial charge is 0.168 e. The Kier molecular flexibility index (Phi) is 2.41. The van der Waals surface area contributed by atoms with Crippen LogP contribution >= 0.6 is 0 Å². The van der Waals surface area contributed by atoms with Crippen LogP contribution < -0.4 is 0 Å². The van der Waals surface area contributed by atoms with Crippen molar-refractivity contribution in [3.05, 3.63) is 17.0 Å². The molecule has 0 unspecified atom stereocenters. The Hall–Kier alpha value is -1.12. The van der Waals surface area contributed by atoms with E-state index >= 15 is 0 Å². The molecule has 0 spiro atoms. The van der Waals surface area contributed by atoms with Gasteiger partial charge in [0, 0.05) is 12.8 Å². The number of carbonyl (C=O) groups excluding carboxylic acids is 1. The number of aromatic nitrogens is 1. The summed E-state index contributed by atoms with van der Waals surface area (Å²) >= 11 is 0. The molecule has 1 aromatic rings. The second kappa shape index (κ2) is 3.47. The fraction of sp³-hybridized carbons (Fsp3) is 0.667. The molecule has 1 aromatic heterocycles. The summed E-state index contributed by atoms with van der Waals surface area (Å²) in [5, 5.41) is 4.01. The maximum Gasteiger partial charge on any atom is 0.168 e. The highest BCUT2D eigenvalue weighted by molar-refractivity contribution is 5.99. The number of hydrogen-bond acceptors (Lipinski definition) is 3. The Morgan fingerprint density at radius 2 is 2.13 bits per heavy atom. The molecule has 1 aliphatic rings.